The fourth-order valence-corrected chi connectivity index (χ4v) is 4.09. The smallest absolute Gasteiger partial charge is 0.236 e. The van der Waals surface area contributed by atoms with Crippen LogP contribution in [0, 0.1) is 0 Å². The van der Waals surface area contributed by atoms with Gasteiger partial charge in [0.05, 0.1) is 19.8 Å². The van der Waals surface area contributed by atoms with Gasteiger partial charge in [-0.1, -0.05) is 6.92 Å². The van der Waals surface area contributed by atoms with E-state index in [4.69, 9.17) is 4.74 Å². The van der Waals surface area contributed by atoms with E-state index in [1.165, 1.54) is 25.0 Å². The van der Waals surface area contributed by atoms with E-state index in [-0.39, 0.29) is 5.91 Å². The van der Waals surface area contributed by atoms with Crippen LogP contribution in [0.25, 0.3) is 0 Å². The second-order valence-electron chi connectivity index (χ2n) is 5.45. The summed E-state index contributed by atoms with van der Waals surface area (Å²) in [4.78, 5) is 16.4. The van der Waals surface area contributed by atoms with E-state index < -0.39 is 0 Å². The van der Waals surface area contributed by atoms with Crippen molar-refractivity contribution in [3.8, 4) is 0 Å². The molecule has 2 fully saturated rings. The molecule has 0 unspecified atom stereocenters. The molecule has 0 spiro atoms. The van der Waals surface area contributed by atoms with Gasteiger partial charge in [0.1, 0.15) is 0 Å². The summed E-state index contributed by atoms with van der Waals surface area (Å²) in [5, 5.41) is 0.802. The number of likely N-dealkylation sites (N-methyl/N-ethyl adjacent to an activating group) is 1. The maximum atomic E-state index is 12.2. The van der Waals surface area contributed by atoms with E-state index in [0.29, 0.717) is 25.8 Å². The van der Waals surface area contributed by atoms with Crippen molar-refractivity contribution < 1.29 is 9.53 Å². The molecule has 1 saturated carbocycles. The van der Waals surface area contributed by atoms with E-state index in [2.05, 4.69) is 30.6 Å². The van der Waals surface area contributed by atoms with E-state index >= 15 is 0 Å². The van der Waals surface area contributed by atoms with Gasteiger partial charge in [0, 0.05) is 24.4 Å². The molecule has 1 aliphatic carbocycles. The predicted molar refractivity (Wildman–Crippen MR) is 79.6 cm³/mol. The fourth-order valence-electron chi connectivity index (χ4n) is 2.96. The van der Waals surface area contributed by atoms with Crippen LogP contribution in [0.3, 0.4) is 0 Å². The van der Waals surface area contributed by atoms with E-state index in [1.807, 2.05) is 4.90 Å². The summed E-state index contributed by atoms with van der Waals surface area (Å²) in [5.74, 6) is 1.46. The highest BCUT2D eigenvalue weighted by atomic mass is 32.2. The van der Waals surface area contributed by atoms with Crippen LogP contribution in [0.4, 0.5) is 0 Å². The lowest BCUT2D eigenvalue weighted by Gasteiger charge is -2.30. The zero-order valence-corrected chi connectivity index (χ0v) is 13.0. The van der Waals surface area contributed by atoms with Gasteiger partial charge >= 0.3 is 0 Å². The van der Waals surface area contributed by atoms with Crippen LogP contribution in [0.15, 0.2) is 0 Å². The third kappa shape index (κ3) is 4.36. The zero-order valence-electron chi connectivity index (χ0n) is 12.1. The lowest BCUT2D eigenvalue weighted by molar-refractivity contribution is -0.136. The normalized spacial score (nSPS) is 28.1. The van der Waals surface area contributed by atoms with Crippen molar-refractivity contribution in [2.45, 2.75) is 37.5 Å². The molecule has 19 heavy (non-hydrogen) atoms. The van der Waals surface area contributed by atoms with Gasteiger partial charge in [0.25, 0.3) is 0 Å². The topological polar surface area (TPSA) is 32.8 Å². The zero-order chi connectivity index (χ0) is 13.7. The summed E-state index contributed by atoms with van der Waals surface area (Å²) in [6.07, 6.45) is 3.79. The Hall–Kier alpha value is -0.260. The summed E-state index contributed by atoms with van der Waals surface area (Å²) >= 11 is 2.07. The Morgan fingerprint density at radius 3 is 2.79 bits per heavy atom. The Labute approximate surface area is 120 Å². The molecule has 0 radical (unpaired) electrons. The number of hydrogen-bond acceptors (Lipinski definition) is 4. The number of morpholine rings is 1. The highest BCUT2D eigenvalue weighted by Crippen LogP contribution is 2.32. The fraction of sp³-hybridized carbons (Fsp3) is 0.929. The second kappa shape index (κ2) is 7.50. The van der Waals surface area contributed by atoms with E-state index in [1.54, 1.807) is 0 Å². The summed E-state index contributed by atoms with van der Waals surface area (Å²) in [7, 11) is 2.10. The first-order chi connectivity index (χ1) is 9.20. The Balaban J connectivity index is 1.74. The van der Waals surface area contributed by atoms with Crippen LogP contribution in [0.2, 0.25) is 0 Å². The number of amides is 1. The van der Waals surface area contributed by atoms with Crippen LogP contribution >= 0.6 is 11.8 Å². The number of nitrogens with zero attached hydrogens (tertiary/aromatic N) is 2. The van der Waals surface area contributed by atoms with Crippen molar-refractivity contribution in [1.82, 2.24) is 9.80 Å². The Kier molecular flexibility index (Phi) is 5.98. The van der Waals surface area contributed by atoms with Gasteiger partial charge in [-0.3, -0.25) is 9.69 Å². The van der Waals surface area contributed by atoms with E-state index in [9.17, 15) is 4.79 Å². The number of thioether (sulfide) groups is 1. The molecule has 0 aromatic heterocycles. The number of hydrogen-bond donors (Lipinski definition) is 0. The molecular formula is C14H26N2O2S. The third-order valence-corrected chi connectivity index (χ3v) is 5.36. The van der Waals surface area contributed by atoms with Crippen LogP contribution in [-0.4, -0.2) is 72.6 Å². The molecule has 0 aromatic rings. The van der Waals surface area contributed by atoms with Crippen molar-refractivity contribution in [2.24, 2.45) is 0 Å². The van der Waals surface area contributed by atoms with Crippen LogP contribution < -0.4 is 0 Å². The predicted octanol–water partition coefficient (Wildman–Crippen LogP) is 1.45. The standard InChI is InChI=1S/C14H26N2O2S/c1-3-19-13-5-4-12(10-13)15(2)11-14(17)16-6-8-18-9-7-16/h12-13H,3-11H2,1-2H3/t12-,13-/m0/s1. The molecule has 1 heterocycles. The van der Waals surface area contributed by atoms with Crippen molar-refractivity contribution in [3.05, 3.63) is 0 Å². The quantitative estimate of drug-likeness (QED) is 0.766. The lowest BCUT2D eigenvalue weighted by Crippen LogP contribution is -2.46. The first kappa shape index (κ1) is 15.1. The summed E-state index contributed by atoms with van der Waals surface area (Å²) in [6, 6.07) is 0.592. The van der Waals surface area contributed by atoms with Gasteiger partial charge in [-0.05, 0) is 32.1 Å². The molecule has 4 nitrogen and oxygen atoms in total. The first-order valence-electron chi connectivity index (χ1n) is 7.38. The van der Waals surface area contributed by atoms with Gasteiger partial charge in [0.15, 0.2) is 0 Å². The summed E-state index contributed by atoms with van der Waals surface area (Å²) in [6.45, 7) is 5.68. The molecule has 2 atom stereocenters. The maximum Gasteiger partial charge on any atom is 0.236 e. The third-order valence-electron chi connectivity index (χ3n) is 4.13. The highest BCUT2D eigenvalue weighted by Gasteiger charge is 2.29. The maximum absolute atomic E-state index is 12.2. The molecule has 0 aromatic carbocycles. The number of carbonyl (C=O) groups is 1. The number of carbonyl (C=O) groups excluding carboxylic acids is 1. The average Bonchev–Trinajstić information content (AvgIpc) is 2.89. The summed E-state index contributed by atoms with van der Waals surface area (Å²) in [5.41, 5.74) is 0. The van der Waals surface area contributed by atoms with Crippen molar-refractivity contribution in [2.75, 3.05) is 45.6 Å². The SMILES string of the molecule is CCS[C@H]1CC[C@H](N(C)CC(=O)N2CCOCC2)C1. The lowest BCUT2D eigenvalue weighted by atomic mass is 10.2. The van der Waals surface area contributed by atoms with Gasteiger partial charge in [-0.25, -0.2) is 0 Å². The Morgan fingerprint density at radius 1 is 1.37 bits per heavy atom. The first-order valence-corrected chi connectivity index (χ1v) is 8.43. The van der Waals surface area contributed by atoms with Gasteiger partial charge in [0.2, 0.25) is 5.91 Å². The summed E-state index contributed by atoms with van der Waals surface area (Å²) < 4.78 is 5.29. The largest absolute Gasteiger partial charge is 0.378 e. The molecule has 2 rings (SSSR count). The Bertz CT molecular complexity index is 295. The molecule has 2 aliphatic rings. The van der Waals surface area contributed by atoms with Gasteiger partial charge in [-0.2, -0.15) is 11.8 Å². The number of ether oxygens (including phenoxy) is 1. The van der Waals surface area contributed by atoms with Crippen molar-refractivity contribution >= 4 is 17.7 Å². The molecule has 1 aliphatic heterocycles. The highest BCUT2D eigenvalue weighted by molar-refractivity contribution is 7.99. The van der Waals surface area contributed by atoms with Crippen LogP contribution in [-0.2, 0) is 9.53 Å². The molecule has 110 valence electrons. The van der Waals surface area contributed by atoms with E-state index in [0.717, 1.165) is 18.3 Å². The van der Waals surface area contributed by atoms with Crippen LogP contribution in [0.1, 0.15) is 26.2 Å². The molecule has 1 saturated heterocycles. The second-order valence-corrected chi connectivity index (χ2v) is 7.03. The minimum Gasteiger partial charge on any atom is -0.378 e. The molecule has 0 bridgehead atoms. The average molecular weight is 286 g/mol. The molecule has 1 amide bonds. The van der Waals surface area contributed by atoms with Crippen molar-refractivity contribution in [3.63, 3.8) is 0 Å². The monoisotopic (exact) mass is 286 g/mol. The molecule has 5 heteroatoms. The molecular weight excluding hydrogens is 260 g/mol. The Morgan fingerprint density at radius 2 is 2.11 bits per heavy atom. The number of rotatable bonds is 5. The minimum absolute atomic E-state index is 0.261. The minimum atomic E-state index is 0.261. The molecule has 0 N–H and O–H groups in total. The van der Waals surface area contributed by atoms with Crippen LogP contribution in [0.5, 0.6) is 0 Å². The van der Waals surface area contributed by atoms with Crippen molar-refractivity contribution in [1.29, 1.82) is 0 Å². The van der Waals surface area contributed by atoms with Gasteiger partial charge in [-0.15, -0.1) is 0 Å². The van der Waals surface area contributed by atoms with Gasteiger partial charge < -0.3 is 9.64 Å².